The van der Waals surface area contributed by atoms with Crippen molar-refractivity contribution < 1.29 is 9.13 Å². The quantitative estimate of drug-likeness (QED) is 0.688. The van der Waals surface area contributed by atoms with Crippen molar-refractivity contribution in [2.75, 3.05) is 0 Å². The number of allylic oxidation sites excluding steroid dienone is 1. The highest BCUT2D eigenvalue weighted by Gasteiger charge is 1.97. The summed E-state index contributed by atoms with van der Waals surface area (Å²) in [7, 11) is 0. The summed E-state index contributed by atoms with van der Waals surface area (Å²) >= 11 is 0. The molecule has 2 aromatic rings. The predicted molar refractivity (Wildman–Crippen MR) is 79.0 cm³/mol. The Hall–Kier alpha value is -2.09. The molecule has 2 aromatic carbocycles. The van der Waals surface area contributed by atoms with Gasteiger partial charge in [0.1, 0.15) is 17.3 Å². The van der Waals surface area contributed by atoms with E-state index in [2.05, 4.69) is 0 Å². The van der Waals surface area contributed by atoms with Gasteiger partial charge in [-0.15, -0.1) is 0 Å². The summed E-state index contributed by atoms with van der Waals surface area (Å²) in [6.07, 6.45) is 4.00. The van der Waals surface area contributed by atoms with Gasteiger partial charge < -0.3 is 4.74 Å². The van der Waals surface area contributed by atoms with Crippen LogP contribution in [0, 0.1) is 5.82 Å². The van der Waals surface area contributed by atoms with E-state index in [0.29, 0.717) is 5.75 Å². The average Bonchev–Trinajstić information content (AvgIpc) is 2.46. The molecule has 0 aliphatic heterocycles. The first kappa shape index (κ1) is 15.0. The van der Waals surface area contributed by atoms with Crippen molar-refractivity contribution in [3.8, 4) is 11.5 Å². The minimum Gasteiger partial charge on any atom is -0.457 e. The highest BCUT2D eigenvalue weighted by Crippen LogP contribution is 2.22. The van der Waals surface area contributed by atoms with Crippen LogP contribution in [0.15, 0.2) is 54.6 Å². The number of rotatable bonds is 3. The van der Waals surface area contributed by atoms with Crippen molar-refractivity contribution >= 4 is 6.08 Å². The molecule has 0 fully saturated rings. The molecule has 2 rings (SSSR count). The molecule has 0 spiro atoms. The molecule has 0 radical (unpaired) electrons. The molecule has 0 heterocycles. The summed E-state index contributed by atoms with van der Waals surface area (Å²) in [5, 5.41) is 0. The van der Waals surface area contributed by atoms with Crippen LogP contribution in [-0.4, -0.2) is 0 Å². The lowest BCUT2D eigenvalue weighted by Gasteiger charge is -2.05. The number of hydrogen-bond donors (Lipinski definition) is 0. The van der Waals surface area contributed by atoms with Crippen LogP contribution in [0.4, 0.5) is 4.39 Å². The first-order valence-electron chi connectivity index (χ1n) is 6.44. The van der Waals surface area contributed by atoms with E-state index < -0.39 is 0 Å². The van der Waals surface area contributed by atoms with Gasteiger partial charge in [-0.25, -0.2) is 4.39 Å². The third-order valence-electron chi connectivity index (χ3n) is 2.29. The topological polar surface area (TPSA) is 9.23 Å². The SMILES string of the molecule is C/C=C/c1ccc(Oc2ccc(F)cc2)cc1.CC. The van der Waals surface area contributed by atoms with Gasteiger partial charge in [0.2, 0.25) is 0 Å². The zero-order valence-corrected chi connectivity index (χ0v) is 11.6. The predicted octanol–water partition coefficient (Wildman–Crippen LogP) is 5.68. The van der Waals surface area contributed by atoms with E-state index in [4.69, 9.17) is 4.74 Å². The molecule has 0 amide bonds. The summed E-state index contributed by atoms with van der Waals surface area (Å²) in [6, 6.07) is 13.7. The fourth-order valence-corrected chi connectivity index (χ4v) is 1.48. The van der Waals surface area contributed by atoms with Crippen molar-refractivity contribution in [1.29, 1.82) is 0 Å². The zero-order valence-electron chi connectivity index (χ0n) is 11.6. The molecule has 100 valence electrons. The van der Waals surface area contributed by atoms with Crippen LogP contribution >= 0.6 is 0 Å². The minimum absolute atomic E-state index is 0.263. The highest BCUT2D eigenvalue weighted by molar-refractivity contribution is 5.50. The van der Waals surface area contributed by atoms with Crippen LogP contribution in [0.2, 0.25) is 0 Å². The summed E-state index contributed by atoms with van der Waals surface area (Å²) in [4.78, 5) is 0. The molecule has 0 aliphatic rings. The van der Waals surface area contributed by atoms with Crippen LogP contribution in [0.5, 0.6) is 11.5 Å². The molecule has 0 unspecified atom stereocenters. The van der Waals surface area contributed by atoms with Crippen molar-refractivity contribution in [2.45, 2.75) is 20.8 Å². The molecule has 0 atom stereocenters. The molecule has 0 bridgehead atoms. The van der Waals surface area contributed by atoms with Gasteiger partial charge in [-0.05, 0) is 48.9 Å². The van der Waals surface area contributed by atoms with Gasteiger partial charge in [-0.1, -0.05) is 38.1 Å². The number of ether oxygens (including phenoxy) is 1. The lowest BCUT2D eigenvalue weighted by Crippen LogP contribution is -1.84. The normalized spacial score (nSPS) is 9.89. The largest absolute Gasteiger partial charge is 0.457 e. The van der Waals surface area contributed by atoms with Gasteiger partial charge in [-0.3, -0.25) is 0 Å². The van der Waals surface area contributed by atoms with Crippen LogP contribution in [0.1, 0.15) is 26.3 Å². The molecule has 2 heteroatoms. The summed E-state index contributed by atoms with van der Waals surface area (Å²) in [5.74, 6) is 1.11. The van der Waals surface area contributed by atoms with Crippen molar-refractivity contribution in [3.63, 3.8) is 0 Å². The lowest BCUT2D eigenvalue weighted by atomic mass is 10.2. The number of halogens is 1. The Kier molecular flexibility index (Phi) is 6.37. The van der Waals surface area contributed by atoms with Gasteiger partial charge in [-0.2, -0.15) is 0 Å². The van der Waals surface area contributed by atoms with E-state index >= 15 is 0 Å². The second-order valence-corrected chi connectivity index (χ2v) is 3.63. The fourth-order valence-electron chi connectivity index (χ4n) is 1.48. The number of hydrogen-bond acceptors (Lipinski definition) is 1. The molecule has 0 saturated carbocycles. The smallest absolute Gasteiger partial charge is 0.127 e. The standard InChI is InChI=1S/C15H13FO.C2H6/c1-2-3-12-4-8-14(9-5-12)17-15-10-6-13(16)7-11-15;1-2/h2-11H,1H3;1-2H3/b3-2+;. The van der Waals surface area contributed by atoms with E-state index in [1.54, 1.807) is 12.1 Å². The van der Waals surface area contributed by atoms with Crippen LogP contribution in [-0.2, 0) is 0 Å². The molecule has 0 aromatic heterocycles. The van der Waals surface area contributed by atoms with E-state index in [-0.39, 0.29) is 5.82 Å². The Labute approximate surface area is 114 Å². The van der Waals surface area contributed by atoms with E-state index in [1.165, 1.54) is 12.1 Å². The van der Waals surface area contributed by atoms with Crippen molar-refractivity contribution in [3.05, 3.63) is 66.0 Å². The Bertz CT molecular complexity index is 498. The first-order valence-corrected chi connectivity index (χ1v) is 6.44. The fraction of sp³-hybridized carbons (Fsp3) is 0.176. The van der Waals surface area contributed by atoms with Gasteiger partial charge in [0.05, 0.1) is 0 Å². The van der Waals surface area contributed by atoms with E-state index in [9.17, 15) is 4.39 Å². The molecule has 0 aliphatic carbocycles. The Balaban J connectivity index is 0.000000861. The highest BCUT2D eigenvalue weighted by atomic mass is 19.1. The molecule has 0 N–H and O–H groups in total. The third kappa shape index (κ3) is 4.96. The van der Waals surface area contributed by atoms with Crippen LogP contribution < -0.4 is 4.74 Å². The number of benzene rings is 2. The summed E-state index contributed by atoms with van der Waals surface area (Å²) in [6.45, 7) is 5.98. The third-order valence-corrected chi connectivity index (χ3v) is 2.29. The van der Waals surface area contributed by atoms with E-state index in [1.807, 2.05) is 57.2 Å². The van der Waals surface area contributed by atoms with Gasteiger partial charge >= 0.3 is 0 Å². The lowest BCUT2D eigenvalue weighted by molar-refractivity contribution is 0.480. The molecule has 19 heavy (non-hydrogen) atoms. The van der Waals surface area contributed by atoms with Gasteiger partial charge in [0, 0.05) is 0 Å². The summed E-state index contributed by atoms with van der Waals surface area (Å²) < 4.78 is 18.3. The first-order chi connectivity index (χ1) is 9.28. The van der Waals surface area contributed by atoms with Crippen LogP contribution in [0.3, 0.4) is 0 Å². The van der Waals surface area contributed by atoms with Crippen LogP contribution in [0.25, 0.3) is 6.08 Å². The van der Waals surface area contributed by atoms with Crippen molar-refractivity contribution in [1.82, 2.24) is 0 Å². The average molecular weight is 258 g/mol. The zero-order chi connectivity index (χ0) is 14.1. The molecular formula is C17H19FO. The second kappa shape index (κ2) is 8.09. The molecule has 0 saturated heterocycles. The molecular weight excluding hydrogens is 239 g/mol. The Morgan fingerprint density at radius 2 is 1.32 bits per heavy atom. The van der Waals surface area contributed by atoms with E-state index in [0.717, 1.165) is 11.3 Å². The van der Waals surface area contributed by atoms with Gasteiger partial charge in [0.15, 0.2) is 0 Å². The Morgan fingerprint density at radius 1 is 0.842 bits per heavy atom. The molecule has 1 nitrogen and oxygen atoms in total. The second-order valence-electron chi connectivity index (χ2n) is 3.63. The maximum atomic E-state index is 12.7. The summed E-state index contributed by atoms with van der Waals surface area (Å²) in [5.41, 5.74) is 1.12. The maximum absolute atomic E-state index is 12.7. The maximum Gasteiger partial charge on any atom is 0.127 e. The Morgan fingerprint density at radius 3 is 1.79 bits per heavy atom. The monoisotopic (exact) mass is 258 g/mol. The minimum atomic E-state index is -0.263. The van der Waals surface area contributed by atoms with Crippen molar-refractivity contribution in [2.24, 2.45) is 0 Å². The van der Waals surface area contributed by atoms with Gasteiger partial charge in [0.25, 0.3) is 0 Å².